The smallest absolute Gasteiger partial charge is 0.258 e. The zero-order valence-corrected chi connectivity index (χ0v) is 14.9. The van der Waals surface area contributed by atoms with Crippen LogP contribution < -0.4 is 5.56 Å². The van der Waals surface area contributed by atoms with Crippen LogP contribution in [0.3, 0.4) is 0 Å². The number of hydrogen-bond acceptors (Lipinski definition) is 6. The number of aryl methyl sites for hydroxylation is 1. The zero-order valence-electron chi connectivity index (χ0n) is 13.3. The van der Waals surface area contributed by atoms with Crippen molar-refractivity contribution in [2.75, 3.05) is 0 Å². The first-order chi connectivity index (χ1) is 11.7. The molecule has 3 aromatic heterocycles. The van der Waals surface area contributed by atoms with Crippen LogP contribution in [0.1, 0.15) is 54.9 Å². The molecule has 24 heavy (non-hydrogen) atoms. The van der Waals surface area contributed by atoms with Gasteiger partial charge >= 0.3 is 0 Å². The molecule has 0 N–H and O–H groups in total. The quantitative estimate of drug-likeness (QED) is 0.655. The first-order valence-corrected chi connectivity index (χ1v) is 10.1. The number of thioether (sulfide) groups is 1. The van der Waals surface area contributed by atoms with Crippen LogP contribution in [0, 0.1) is 6.92 Å². The van der Waals surface area contributed by atoms with E-state index in [1.807, 2.05) is 12.3 Å². The molecule has 3 heterocycles. The number of aromatic nitrogens is 5. The van der Waals surface area contributed by atoms with E-state index >= 15 is 0 Å². The van der Waals surface area contributed by atoms with Gasteiger partial charge in [0.25, 0.3) is 5.56 Å². The molecule has 0 amide bonds. The Balaban J connectivity index is 1.42. The maximum Gasteiger partial charge on any atom is 0.258 e. The van der Waals surface area contributed by atoms with E-state index in [4.69, 9.17) is 0 Å². The molecule has 0 aliphatic heterocycles. The van der Waals surface area contributed by atoms with Crippen LogP contribution in [0.4, 0.5) is 0 Å². The van der Waals surface area contributed by atoms with Crippen molar-refractivity contribution in [1.82, 2.24) is 24.1 Å². The van der Waals surface area contributed by atoms with Gasteiger partial charge in [0.2, 0.25) is 0 Å². The fourth-order valence-electron chi connectivity index (χ4n) is 3.00. The highest BCUT2D eigenvalue weighted by Gasteiger charge is 2.36. The minimum absolute atomic E-state index is 0.00307. The molecule has 0 bridgehead atoms. The highest BCUT2D eigenvalue weighted by molar-refractivity contribution is 7.98. The molecule has 0 radical (unpaired) electrons. The molecule has 0 spiro atoms. The van der Waals surface area contributed by atoms with Gasteiger partial charge in [-0.25, -0.2) is 4.98 Å². The summed E-state index contributed by atoms with van der Waals surface area (Å²) in [6, 6.07) is 2.22. The average molecular weight is 359 g/mol. The van der Waals surface area contributed by atoms with Gasteiger partial charge in [0.15, 0.2) is 10.1 Å². The van der Waals surface area contributed by atoms with Crippen LogP contribution in [0.15, 0.2) is 21.4 Å². The molecular formula is C16H17N5OS2. The van der Waals surface area contributed by atoms with Gasteiger partial charge in [-0.3, -0.25) is 9.20 Å². The van der Waals surface area contributed by atoms with Crippen molar-refractivity contribution in [2.24, 2.45) is 0 Å². The van der Waals surface area contributed by atoms with E-state index in [2.05, 4.69) is 19.7 Å². The second kappa shape index (κ2) is 5.42. The summed E-state index contributed by atoms with van der Waals surface area (Å²) >= 11 is 3.15. The Morgan fingerprint density at radius 3 is 2.88 bits per heavy atom. The highest BCUT2D eigenvalue weighted by atomic mass is 32.2. The van der Waals surface area contributed by atoms with Crippen LogP contribution in [0.2, 0.25) is 0 Å². The Bertz CT molecular complexity index is 980. The van der Waals surface area contributed by atoms with Crippen molar-refractivity contribution in [2.45, 2.75) is 55.5 Å². The van der Waals surface area contributed by atoms with E-state index in [9.17, 15) is 4.79 Å². The van der Waals surface area contributed by atoms with E-state index < -0.39 is 0 Å². The number of rotatable bonds is 5. The fraction of sp³-hybridized carbons (Fsp3) is 0.500. The lowest BCUT2D eigenvalue weighted by Gasteiger charge is -2.07. The molecular weight excluding hydrogens is 342 g/mol. The van der Waals surface area contributed by atoms with Gasteiger partial charge in [-0.05, 0) is 32.6 Å². The normalized spacial score (nSPS) is 17.7. The molecule has 6 nitrogen and oxygen atoms in total. The van der Waals surface area contributed by atoms with Crippen molar-refractivity contribution in [3.63, 3.8) is 0 Å². The number of hydrogen-bond donors (Lipinski definition) is 0. The summed E-state index contributed by atoms with van der Waals surface area (Å²) in [5.74, 6) is 2.43. The van der Waals surface area contributed by atoms with Crippen molar-refractivity contribution < 1.29 is 0 Å². The van der Waals surface area contributed by atoms with Crippen molar-refractivity contribution in [1.29, 1.82) is 0 Å². The third-order valence-electron chi connectivity index (χ3n) is 4.52. The van der Waals surface area contributed by atoms with E-state index in [1.165, 1.54) is 37.0 Å². The van der Waals surface area contributed by atoms with Gasteiger partial charge in [-0.1, -0.05) is 11.8 Å². The Labute approximate surface area is 146 Å². The van der Waals surface area contributed by atoms with Gasteiger partial charge in [0, 0.05) is 34.9 Å². The van der Waals surface area contributed by atoms with Gasteiger partial charge < -0.3 is 4.57 Å². The highest BCUT2D eigenvalue weighted by Crippen LogP contribution is 2.46. The molecule has 0 atom stereocenters. The third-order valence-corrected chi connectivity index (χ3v) is 6.44. The summed E-state index contributed by atoms with van der Waals surface area (Å²) in [6.07, 6.45) is 4.93. The van der Waals surface area contributed by atoms with Gasteiger partial charge in [-0.2, -0.15) is 0 Å². The van der Waals surface area contributed by atoms with Gasteiger partial charge in [-0.15, -0.1) is 21.5 Å². The summed E-state index contributed by atoms with van der Waals surface area (Å²) < 4.78 is 4.00. The van der Waals surface area contributed by atoms with E-state index in [-0.39, 0.29) is 5.56 Å². The standard InChI is InChI=1S/C16H17N5OS2/c1-9-7-23-15-17-11(6-13(22)20(9)15)8-24-16-19-18-14(10-2-3-10)21(16)12-4-5-12/h6-7,10,12H,2-5,8H2,1H3. The lowest BCUT2D eigenvalue weighted by molar-refractivity contribution is 0.627. The second-order valence-corrected chi connectivity index (χ2v) is 8.36. The monoisotopic (exact) mass is 359 g/mol. The molecule has 5 rings (SSSR count). The van der Waals surface area contributed by atoms with Crippen LogP contribution in [-0.4, -0.2) is 24.1 Å². The average Bonchev–Trinajstić information content (AvgIpc) is 3.49. The predicted octanol–water partition coefficient (Wildman–Crippen LogP) is 3.16. The molecule has 2 saturated carbocycles. The largest absolute Gasteiger partial charge is 0.303 e. The Hall–Kier alpha value is -1.67. The summed E-state index contributed by atoms with van der Waals surface area (Å²) in [4.78, 5) is 17.6. The van der Waals surface area contributed by atoms with Crippen molar-refractivity contribution >= 4 is 28.1 Å². The Kier molecular flexibility index (Phi) is 3.31. The number of fused-ring (bicyclic) bond motifs is 1. The van der Waals surface area contributed by atoms with Gasteiger partial charge in [0.05, 0.1) is 5.69 Å². The molecule has 0 aromatic carbocycles. The third kappa shape index (κ3) is 2.48. The summed E-state index contributed by atoms with van der Waals surface area (Å²) in [6.45, 7) is 1.93. The van der Waals surface area contributed by atoms with Crippen molar-refractivity contribution in [3.8, 4) is 0 Å². The van der Waals surface area contributed by atoms with E-state index in [0.29, 0.717) is 17.7 Å². The topological polar surface area (TPSA) is 65.1 Å². The minimum atomic E-state index is -0.00307. The van der Waals surface area contributed by atoms with Crippen molar-refractivity contribution in [3.05, 3.63) is 39.0 Å². The molecule has 0 unspecified atom stereocenters. The molecule has 8 heteroatoms. The first kappa shape index (κ1) is 14.7. The number of thiazole rings is 1. The molecule has 2 aliphatic rings. The lowest BCUT2D eigenvalue weighted by atomic mass is 10.4. The maximum absolute atomic E-state index is 12.3. The lowest BCUT2D eigenvalue weighted by Crippen LogP contribution is -2.14. The van der Waals surface area contributed by atoms with Crippen LogP contribution >= 0.6 is 23.1 Å². The summed E-state index contributed by atoms with van der Waals surface area (Å²) in [5.41, 5.74) is 1.75. The molecule has 124 valence electrons. The molecule has 2 fully saturated rings. The molecule has 0 saturated heterocycles. The van der Waals surface area contributed by atoms with E-state index in [0.717, 1.165) is 27.3 Å². The van der Waals surface area contributed by atoms with Crippen LogP contribution in [-0.2, 0) is 5.75 Å². The second-order valence-electron chi connectivity index (χ2n) is 6.59. The van der Waals surface area contributed by atoms with Crippen LogP contribution in [0.5, 0.6) is 0 Å². The predicted molar refractivity (Wildman–Crippen MR) is 93.9 cm³/mol. The Morgan fingerprint density at radius 1 is 1.29 bits per heavy atom. The Morgan fingerprint density at radius 2 is 2.12 bits per heavy atom. The zero-order chi connectivity index (χ0) is 16.3. The number of nitrogens with zero attached hydrogens (tertiary/aromatic N) is 5. The summed E-state index contributed by atoms with van der Waals surface area (Å²) in [5, 5.41) is 11.8. The van der Waals surface area contributed by atoms with Crippen LogP contribution in [0.25, 0.3) is 4.96 Å². The minimum Gasteiger partial charge on any atom is -0.303 e. The van der Waals surface area contributed by atoms with Gasteiger partial charge in [0.1, 0.15) is 5.82 Å². The first-order valence-electron chi connectivity index (χ1n) is 8.25. The molecule has 2 aliphatic carbocycles. The fourth-order valence-corrected chi connectivity index (χ4v) is 4.79. The SMILES string of the molecule is Cc1csc2nc(CSc3nnc(C4CC4)n3C3CC3)cc(=O)n12. The maximum atomic E-state index is 12.3. The summed E-state index contributed by atoms with van der Waals surface area (Å²) in [7, 11) is 0. The molecule has 3 aromatic rings. The van der Waals surface area contributed by atoms with E-state index in [1.54, 1.807) is 22.2 Å².